The molecule has 0 heterocycles. The highest BCUT2D eigenvalue weighted by Crippen LogP contribution is 2.44. The second-order valence-electron chi connectivity index (χ2n) is 6.84. The van der Waals surface area contributed by atoms with Crippen molar-refractivity contribution < 1.29 is 14.6 Å². The Bertz CT molecular complexity index is 719. The van der Waals surface area contributed by atoms with Crippen molar-refractivity contribution in [2.75, 3.05) is 12.7 Å². The van der Waals surface area contributed by atoms with E-state index in [2.05, 4.69) is 5.32 Å². The van der Waals surface area contributed by atoms with Gasteiger partial charge in [0.25, 0.3) is 0 Å². The molecule has 2 aromatic rings. The highest BCUT2D eigenvalue weighted by Gasteiger charge is 2.26. The van der Waals surface area contributed by atoms with E-state index in [-0.39, 0.29) is 24.4 Å². The normalized spacial score (nSPS) is 15.6. The van der Waals surface area contributed by atoms with Crippen LogP contribution in [0, 0.1) is 0 Å². The third-order valence-electron chi connectivity index (χ3n) is 4.11. The van der Waals surface area contributed by atoms with E-state index in [1.165, 1.54) is 0 Å². The predicted molar refractivity (Wildman–Crippen MR) is 103 cm³/mol. The van der Waals surface area contributed by atoms with E-state index < -0.39 is 13.5 Å². The number of aliphatic hydroxyl groups is 1. The molecule has 0 amide bonds. The molecule has 0 aliphatic heterocycles. The maximum absolute atomic E-state index is 12.4. The van der Waals surface area contributed by atoms with Gasteiger partial charge in [-0.25, -0.2) is 0 Å². The Morgan fingerprint density at radius 1 is 1.12 bits per heavy atom. The Morgan fingerprint density at radius 3 is 2.32 bits per heavy atom. The number of hydrogen-bond acceptors (Lipinski definition) is 3. The minimum absolute atomic E-state index is 0.0749. The van der Waals surface area contributed by atoms with Crippen molar-refractivity contribution in [2.24, 2.45) is 0 Å². The molecule has 0 aliphatic carbocycles. The van der Waals surface area contributed by atoms with E-state index in [9.17, 15) is 14.6 Å². The number of benzene rings is 2. The molecule has 2 aromatic carbocycles. The van der Waals surface area contributed by atoms with Crippen LogP contribution in [-0.2, 0) is 16.3 Å². The van der Waals surface area contributed by atoms with E-state index in [1.807, 2.05) is 68.4 Å². The summed E-state index contributed by atoms with van der Waals surface area (Å²) in [6.07, 6.45) is -0.956. The van der Waals surface area contributed by atoms with Crippen molar-refractivity contribution in [3.8, 4) is 0 Å². The van der Waals surface area contributed by atoms with Crippen LogP contribution in [0.25, 0.3) is 0 Å². The molecule has 25 heavy (non-hydrogen) atoms. The van der Waals surface area contributed by atoms with Crippen LogP contribution in [0.1, 0.15) is 25.0 Å². The van der Waals surface area contributed by atoms with Crippen molar-refractivity contribution >= 4 is 19.0 Å². The Labute approximate surface area is 154 Å². The molecule has 3 N–H and O–H groups in total. The van der Waals surface area contributed by atoms with E-state index >= 15 is 0 Å². The molecule has 2 rings (SSSR count). The van der Waals surface area contributed by atoms with Gasteiger partial charge in [-0.3, -0.25) is 4.57 Å². The summed E-state index contributed by atoms with van der Waals surface area (Å²) in [5.74, 6) is 0. The molecular weight excluding hydrogens is 357 g/mol. The summed E-state index contributed by atoms with van der Waals surface area (Å²) in [5.41, 5.74) is 1.44. The second kappa shape index (κ2) is 8.48. The lowest BCUT2D eigenvalue weighted by molar-refractivity contribution is 0.176. The third kappa shape index (κ3) is 6.58. The van der Waals surface area contributed by atoms with Crippen LogP contribution in [0.3, 0.4) is 0 Å². The van der Waals surface area contributed by atoms with Crippen molar-refractivity contribution in [3.05, 3.63) is 70.7 Å². The van der Waals surface area contributed by atoms with Crippen LogP contribution in [0.4, 0.5) is 0 Å². The highest BCUT2D eigenvalue weighted by molar-refractivity contribution is 7.57. The van der Waals surface area contributed by atoms with E-state index in [0.29, 0.717) is 5.02 Å². The molecule has 0 aliphatic rings. The quantitative estimate of drug-likeness (QED) is 0.604. The molecule has 136 valence electrons. The minimum Gasteiger partial charge on any atom is -0.391 e. The van der Waals surface area contributed by atoms with Crippen molar-refractivity contribution in [1.29, 1.82) is 0 Å². The van der Waals surface area contributed by atoms with Gasteiger partial charge in [-0.15, -0.1) is 0 Å². The van der Waals surface area contributed by atoms with Crippen LogP contribution in [0.2, 0.25) is 5.02 Å². The fraction of sp³-hybridized carbons (Fsp3) is 0.368. The maximum atomic E-state index is 12.4. The summed E-state index contributed by atoms with van der Waals surface area (Å²) in [4.78, 5) is 10.2. The SMILES string of the molecule is CC(C)(NC[C@@H](O)CP(=O)(O)Cc1ccccc1)c1ccc(Cl)cc1. The Balaban J connectivity index is 1.89. The maximum Gasteiger partial charge on any atom is 0.207 e. The van der Waals surface area contributed by atoms with Gasteiger partial charge >= 0.3 is 0 Å². The zero-order valence-electron chi connectivity index (χ0n) is 14.5. The molecular formula is C19H25ClNO3P. The number of rotatable bonds is 8. The molecule has 4 nitrogen and oxygen atoms in total. The predicted octanol–water partition coefficient (Wildman–Crippen LogP) is 4.00. The number of hydrogen-bond donors (Lipinski definition) is 3. The summed E-state index contributed by atoms with van der Waals surface area (Å²) >= 11 is 5.91. The molecule has 0 aromatic heterocycles. The zero-order chi connectivity index (χ0) is 18.5. The molecule has 6 heteroatoms. The van der Waals surface area contributed by atoms with Crippen LogP contribution in [-0.4, -0.2) is 28.8 Å². The van der Waals surface area contributed by atoms with Gasteiger partial charge in [-0.2, -0.15) is 0 Å². The van der Waals surface area contributed by atoms with Crippen LogP contribution in [0.15, 0.2) is 54.6 Å². The van der Waals surface area contributed by atoms with Gasteiger partial charge < -0.3 is 15.3 Å². The average molecular weight is 382 g/mol. The zero-order valence-corrected chi connectivity index (χ0v) is 16.2. The first-order valence-corrected chi connectivity index (χ1v) is 10.6. The molecule has 0 bridgehead atoms. The van der Waals surface area contributed by atoms with Crippen LogP contribution in [0.5, 0.6) is 0 Å². The standard InChI is InChI=1S/C19H25ClNO3P/c1-19(2,16-8-10-17(20)11-9-16)21-12-18(22)14-25(23,24)13-15-6-4-3-5-7-15/h3-11,18,21-22H,12-14H2,1-2H3,(H,23,24)/t18-/m1/s1. The van der Waals surface area contributed by atoms with E-state index in [4.69, 9.17) is 11.6 Å². The Hall–Kier alpha value is -1.16. The van der Waals surface area contributed by atoms with Gasteiger partial charge in [0.15, 0.2) is 0 Å². The summed E-state index contributed by atoms with van der Waals surface area (Å²) in [6.45, 7) is 4.21. The van der Waals surface area contributed by atoms with Crippen LogP contribution < -0.4 is 5.32 Å². The Kier molecular flexibility index (Phi) is 6.84. The van der Waals surface area contributed by atoms with Gasteiger partial charge in [0.05, 0.1) is 12.3 Å². The molecule has 0 radical (unpaired) electrons. The van der Waals surface area contributed by atoms with Gasteiger partial charge in [-0.1, -0.05) is 54.1 Å². The van der Waals surface area contributed by atoms with E-state index in [0.717, 1.165) is 11.1 Å². The smallest absolute Gasteiger partial charge is 0.207 e. The first kappa shape index (κ1) is 20.2. The summed E-state index contributed by atoms with van der Waals surface area (Å²) in [6, 6.07) is 16.7. The number of nitrogens with one attached hydrogen (secondary N) is 1. The largest absolute Gasteiger partial charge is 0.391 e. The highest BCUT2D eigenvalue weighted by atomic mass is 35.5. The van der Waals surface area contributed by atoms with E-state index in [1.54, 1.807) is 0 Å². The molecule has 0 fully saturated rings. The lowest BCUT2D eigenvalue weighted by atomic mass is 9.94. The lowest BCUT2D eigenvalue weighted by Crippen LogP contribution is -2.42. The molecule has 1 unspecified atom stereocenters. The lowest BCUT2D eigenvalue weighted by Gasteiger charge is -2.29. The summed E-state index contributed by atoms with van der Waals surface area (Å²) in [5, 5.41) is 14.1. The second-order valence-corrected chi connectivity index (χ2v) is 9.65. The molecule has 0 saturated carbocycles. The van der Waals surface area contributed by atoms with Crippen molar-refractivity contribution in [2.45, 2.75) is 31.7 Å². The third-order valence-corrected chi connectivity index (χ3v) is 6.22. The van der Waals surface area contributed by atoms with Gasteiger partial charge in [0.1, 0.15) is 0 Å². The minimum atomic E-state index is -3.44. The van der Waals surface area contributed by atoms with Crippen molar-refractivity contribution in [3.63, 3.8) is 0 Å². The van der Waals surface area contributed by atoms with Crippen LogP contribution >= 0.6 is 19.0 Å². The number of halogens is 1. The molecule has 0 spiro atoms. The fourth-order valence-electron chi connectivity index (χ4n) is 2.67. The summed E-state index contributed by atoms with van der Waals surface area (Å²) < 4.78 is 12.4. The molecule has 2 atom stereocenters. The van der Waals surface area contributed by atoms with Crippen molar-refractivity contribution in [1.82, 2.24) is 5.32 Å². The monoisotopic (exact) mass is 381 g/mol. The van der Waals surface area contributed by atoms with Gasteiger partial charge in [0.2, 0.25) is 7.37 Å². The average Bonchev–Trinajstić information content (AvgIpc) is 2.53. The Morgan fingerprint density at radius 2 is 1.72 bits per heavy atom. The van der Waals surface area contributed by atoms with Gasteiger partial charge in [-0.05, 0) is 37.1 Å². The topological polar surface area (TPSA) is 69.6 Å². The summed E-state index contributed by atoms with van der Waals surface area (Å²) in [7, 11) is -3.44. The van der Waals surface area contributed by atoms with Gasteiger partial charge in [0, 0.05) is 23.3 Å². The fourth-order valence-corrected chi connectivity index (χ4v) is 4.49. The number of aliphatic hydroxyl groups excluding tert-OH is 1. The molecule has 0 saturated heterocycles. The first-order chi connectivity index (χ1) is 11.7. The first-order valence-electron chi connectivity index (χ1n) is 8.22.